The van der Waals surface area contributed by atoms with Crippen LogP contribution in [0.2, 0.25) is 0 Å². The molecular formula is C54H99NO5. The van der Waals surface area contributed by atoms with E-state index in [1.54, 1.807) is 0 Å². The molecule has 3 N–H and O–H groups in total. The van der Waals surface area contributed by atoms with Gasteiger partial charge in [0, 0.05) is 12.8 Å². The number of unbranched alkanes of at least 4 members (excludes halogenated alkanes) is 29. The number of hydrogen-bond donors (Lipinski definition) is 3. The number of aliphatic hydroxyl groups is 2. The predicted molar refractivity (Wildman–Crippen MR) is 259 cm³/mol. The number of carbonyl (C=O) groups excluding carboxylic acids is 2. The predicted octanol–water partition coefficient (Wildman–Crippen LogP) is 15.5. The third kappa shape index (κ3) is 45.3. The topological polar surface area (TPSA) is 95.9 Å². The minimum absolute atomic E-state index is 0.0290. The van der Waals surface area contributed by atoms with Gasteiger partial charge in [-0.15, -0.1) is 0 Å². The van der Waals surface area contributed by atoms with Gasteiger partial charge in [0.15, 0.2) is 0 Å². The van der Waals surface area contributed by atoms with Gasteiger partial charge in [-0.2, -0.15) is 0 Å². The van der Waals surface area contributed by atoms with E-state index in [1.165, 1.54) is 141 Å². The van der Waals surface area contributed by atoms with E-state index in [9.17, 15) is 19.8 Å². The number of hydrogen-bond acceptors (Lipinski definition) is 5. The molecule has 0 heterocycles. The first-order valence-corrected chi connectivity index (χ1v) is 25.9. The summed E-state index contributed by atoms with van der Waals surface area (Å²) in [6, 6.07) is -0.548. The lowest BCUT2D eigenvalue weighted by Gasteiger charge is -2.22. The van der Waals surface area contributed by atoms with Crippen molar-refractivity contribution in [2.45, 2.75) is 270 Å². The number of aliphatic hydroxyl groups excluding tert-OH is 2. The maximum absolute atomic E-state index is 12.4. The lowest BCUT2D eigenvalue weighted by Crippen LogP contribution is -2.45. The zero-order valence-corrected chi connectivity index (χ0v) is 39.7. The van der Waals surface area contributed by atoms with Crippen LogP contribution in [0.1, 0.15) is 258 Å². The third-order valence-electron chi connectivity index (χ3n) is 11.6. The highest BCUT2D eigenvalue weighted by Gasteiger charge is 2.20. The van der Waals surface area contributed by atoms with Crippen LogP contribution in [0.5, 0.6) is 0 Å². The zero-order valence-electron chi connectivity index (χ0n) is 39.7. The Kier molecular flexibility index (Phi) is 47.7. The maximum Gasteiger partial charge on any atom is 0.305 e. The first-order valence-electron chi connectivity index (χ1n) is 25.9. The smallest absolute Gasteiger partial charge is 0.305 e. The Labute approximate surface area is 372 Å². The van der Waals surface area contributed by atoms with Gasteiger partial charge in [-0.1, -0.05) is 210 Å². The van der Waals surface area contributed by atoms with Crippen molar-refractivity contribution in [3.8, 4) is 0 Å². The molecule has 60 heavy (non-hydrogen) atoms. The van der Waals surface area contributed by atoms with E-state index in [-0.39, 0.29) is 18.5 Å². The second-order valence-corrected chi connectivity index (χ2v) is 17.5. The maximum atomic E-state index is 12.4. The summed E-state index contributed by atoms with van der Waals surface area (Å²) in [5.41, 5.74) is 0. The molecule has 350 valence electrons. The average molecular weight is 842 g/mol. The van der Waals surface area contributed by atoms with Crippen LogP contribution in [-0.2, 0) is 14.3 Å². The molecule has 0 saturated carbocycles. The fourth-order valence-electron chi connectivity index (χ4n) is 7.59. The van der Waals surface area contributed by atoms with Gasteiger partial charge in [0.25, 0.3) is 0 Å². The molecule has 0 spiro atoms. The Bertz CT molecular complexity index is 1020. The molecule has 0 rings (SSSR count). The van der Waals surface area contributed by atoms with Crippen LogP contribution in [0, 0.1) is 0 Å². The summed E-state index contributed by atoms with van der Waals surface area (Å²) in [7, 11) is 0. The fraction of sp³-hybridized carbons (Fsp3) is 0.815. The van der Waals surface area contributed by atoms with E-state index >= 15 is 0 Å². The lowest BCUT2D eigenvalue weighted by molar-refractivity contribution is -0.143. The van der Waals surface area contributed by atoms with E-state index in [2.05, 4.69) is 67.8 Å². The number of carbonyl (C=O) groups is 2. The summed E-state index contributed by atoms with van der Waals surface area (Å²) < 4.78 is 5.43. The highest BCUT2D eigenvalue weighted by Crippen LogP contribution is 2.15. The summed E-state index contributed by atoms with van der Waals surface area (Å²) in [4.78, 5) is 24.4. The molecule has 0 aliphatic heterocycles. The molecule has 0 aliphatic carbocycles. The van der Waals surface area contributed by atoms with Gasteiger partial charge in [0.1, 0.15) is 0 Å². The number of allylic oxidation sites excluding steroid dienone is 8. The van der Waals surface area contributed by atoms with Gasteiger partial charge < -0.3 is 20.3 Å². The third-order valence-corrected chi connectivity index (χ3v) is 11.6. The van der Waals surface area contributed by atoms with Crippen molar-refractivity contribution in [1.29, 1.82) is 0 Å². The first kappa shape index (κ1) is 57.8. The largest absolute Gasteiger partial charge is 0.466 e. The van der Waals surface area contributed by atoms with Gasteiger partial charge in [-0.05, 0) is 83.5 Å². The fourth-order valence-corrected chi connectivity index (χ4v) is 7.59. The number of amides is 1. The van der Waals surface area contributed by atoms with Crippen LogP contribution in [0.15, 0.2) is 48.6 Å². The van der Waals surface area contributed by atoms with E-state index < -0.39 is 12.1 Å². The molecule has 0 aromatic carbocycles. The molecule has 0 radical (unpaired) electrons. The zero-order chi connectivity index (χ0) is 43.7. The van der Waals surface area contributed by atoms with Gasteiger partial charge in [-0.3, -0.25) is 9.59 Å². The standard InChI is InChI=1S/C54H99NO5/c1-3-5-7-9-11-13-15-16-25-28-32-36-40-44-48-54(59)60-49-45-41-37-33-29-26-23-21-19-17-18-20-22-24-27-31-35-39-43-47-53(58)55-51(50-56)52(57)46-42-38-34-30-14-12-10-8-6-4-2/h9,11,15-16,21,23,26,29,51-52,56-57H,3-8,10,12-14,17-20,22,24-25,27-28,30-50H2,1-2H3,(H,55,58)/b11-9-,16-15-,23-21-,29-26-. The van der Waals surface area contributed by atoms with Crippen molar-refractivity contribution >= 4 is 11.9 Å². The molecule has 0 fully saturated rings. The second-order valence-electron chi connectivity index (χ2n) is 17.5. The Morgan fingerprint density at radius 1 is 0.483 bits per heavy atom. The SMILES string of the molecule is CCCC/C=C\C/C=C\CCCCCCCC(=O)OCCCCC/C=C\C=C/CCCCCCCCCCCCC(=O)NC(CO)C(O)CCCCCCCCCCCC. The van der Waals surface area contributed by atoms with Crippen LogP contribution >= 0.6 is 0 Å². The van der Waals surface area contributed by atoms with E-state index in [1.807, 2.05) is 0 Å². The van der Waals surface area contributed by atoms with Crippen molar-refractivity contribution < 1.29 is 24.5 Å². The van der Waals surface area contributed by atoms with Gasteiger partial charge >= 0.3 is 5.97 Å². The molecule has 0 aliphatic rings. The molecule has 6 nitrogen and oxygen atoms in total. The summed E-state index contributed by atoms with van der Waals surface area (Å²) in [5.74, 6) is -0.0773. The molecule has 0 saturated heterocycles. The summed E-state index contributed by atoms with van der Waals surface area (Å²) in [6.07, 6.45) is 60.9. The first-order chi connectivity index (χ1) is 29.5. The minimum atomic E-state index is -0.670. The van der Waals surface area contributed by atoms with Gasteiger partial charge in [-0.25, -0.2) is 0 Å². The Morgan fingerprint density at radius 3 is 1.42 bits per heavy atom. The monoisotopic (exact) mass is 842 g/mol. The van der Waals surface area contributed by atoms with E-state index in [0.717, 1.165) is 83.5 Å². The Balaban J connectivity index is 3.49. The minimum Gasteiger partial charge on any atom is -0.466 e. The van der Waals surface area contributed by atoms with Crippen molar-refractivity contribution in [2.24, 2.45) is 0 Å². The molecule has 2 atom stereocenters. The molecule has 6 heteroatoms. The second kappa shape index (κ2) is 49.5. The van der Waals surface area contributed by atoms with Crippen LogP contribution in [0.4, 0.5) is 0 Å². The van der Waals surface area contributed by atoms with Gasteiger partial charge in [0.2, 0.25) is 5.91 Å². The van der Waals surface area contributed by atoms with E-state index in [4.69, 9.17) is 4.74 Å². The molecule has 2 unspecified atom stereocenters. The number of ether oxygens (including phenoxy) is 1. The quantitative estimate of drug-likeness (QED) is 0.0245. The molecule has 0 bridgehead atoms. The van der Waals surface area contributed by atoms with Crippen LogP contribution in [0.25, 0.3) is 0 Å². The summed E-state index contributed by atoms with van der Waals surface area (Å²) in [5, 5.41) is 23.1. The lowest BCUT2D eigenvalue weighted by atomic mass is 10.0. The van der Waals surface area contributed by atoms with Crippen LogP contribution in [0.3, 0.4) is 0 Å². The van der Waals surface area contributed by atoms with Crippen molar-refractivity contribution in [3.05, 3.63) is 48.6 Å². The van der Waals surface area contributed by atoms with Crippen LogP contribution < -0.4 is 5.32 Å². The highest BCUT2D eigenvalue weighted by molar-refractivity contribution is 5.76. The molecule has 0 aromatic rings. The number of esters is 1. The molecular weight excluding hydrogens is 743 g/mol. The number of nitrogens with one attached hydrogen (secondary N) is 1. The summed E-state index contributed by atoms with van der Waals surface area (Å²) >= 11 is 0. The Hall–Kier alpha value is -2.18. The van der Waals surface area contributed by atoms with E-state index in [0.29, 0.717) is 25.9 Å². The highest BCUT2D eigenvalue weighted by atomic mass is 16.5. The summed E-state index contributed by atoms with van der Waals surface area (Å²) in [6.45, 7) is 4.84. The Morgan fingerprint density at radius 2 is 0.900 bits per heavy atom. The molecule has 0 aromatic heterocycles. The number of rotatable bonds is 47. The van der Waals surface area contributed by atoms with Crippen molar-refractivity contribution in [3.63, 3.8) is 0 Å². The van der Waals surface area contributed by atoms with Gasteiger partial charge in [0.05, 0.1) is 25.4 Å². The van der Waals surface area contributed by atoms with Crippen molar-refractivity contribution in [1.82, 2.24) is 5.32 Å². The molecule has 1 amide bonds. The average Bonchev–Trinajstić information content (AvgIpc) is 3.25. The van der Waals surface area contributed by atoms with Crippen LogP contribution in [-0.4, -0.2) is 47.4 Å². The normalized spacial score (nSPS) is 13.1. The van der Waals surface area contributed by atoms with Crippen molar-refractivity contribution in [2.75, 3.05) is 13.2 Å².